The van der Waals surface area contributed by atoms with Crippen molar-refractivity contribution in [2.45, 2.75) is 13.8 Å². The van der Waals surface area contributed by atoms with Crippen molar-refractivity contribution in [1.82, 2.24) is 4.90 Å². The molecule has 0 saturated carbocycles. The number of esters is 1. The van der Waals surface area contributed by atoms with Gasteiger partial charge in [0.15, 0.2) is 5.11 Å². The summed E-state index contributed by atoms with van der Waals surface area (Å²) in [5.74, 6) is -0.0984. The van der Waals surface area contributed by atoms with E-state index in [1.807, 2.05) is 25.1 Å². The predicted octanol–water partition coefficient (Wildman–Crippen LogP) is 3.67. The summed E-state index contributed by atoms with van der Waals surface area (Å²) in [6.07, 6.45) is 0. The molecule has 1 amide bonds. The lowest BCUT2D eigenvalue weighted by Crippen LogP contribution is -2.21. The van der Waals surface area contributed by atoms with Crippen LogP contribution in [-0.2, 0) is 4.74 Å². The minimum atomic E-state index is -0.537. The van der Waals surface area contributed by atoms with Gasteiger partial charge in [0, 0.05) is 14.1 Å². The third-order valence-electron chi connectivity index (χ3n) is 3.97. The Morgan fingerprint density at radius 1 is 1.14 bits per heavy atom. The van der Waals surface area contributed by atoms with Crippen LogP contribution >= 0.6 is 23.6 Å². The van der Waals surface area contributed by atoms with Crippen molar-refractivity contribution in [3.63, 3.8) is 0 Å². The van der Waals surface area contributed by atoms with Crippen molar-refractivity contribution in [1.29, 1.82) is 0 Å². The third-order valence-corrected chi connectivity index (χ3v) is 5.37. The minimum absolute atomic E-state index is 0.195. The summed E-state index contributed by atoms with van der Waals surface area (Å²) in [4.78, 5) is 26.6. The largest absolute Gasteiger partial charge is 0.495 e. The van der Waals surface area contributed by atoms with Crippen LogP contribution in [0.25, 0.3) is 0 Å². The molecule has 0 atom stereocenters. The number of rotatable bonds is 5. The quantitative estimate of drug-likeness (QED) is 0.563. The van der Waals surface area contributed by atoms with Gasteiger partial charge >= 0.3 is 5.97 Å². The number of benzene rings is 1. The van der Waals surface area contributed by atoms with Crippen LogP contribution in [-0.4, -0.2) is 50.2 Å². The molecule has 7 nitrogen and oxygen atoms in total. The number of aryl methyl sites for hydroxylation is 1. The number of amides is 1. The number of methoxy groups -OCH3 is 2. The summed E-state index contributed by atoms with van der Waals surface area (Å²) in [6.45, 7) is 3.67. The van der Waals surface area contributed by atoms with E-state index in [0.717, 1.165) is 16.9 Å². The van der Waals surface area contributed by atoms with Crippen molar-refractivity contribution in [2.75, 3.05) is 38.9 Å². The Bertz CT molecular complexity index is 922. The lowest BCUT2D eigenvalue weighted by Gasteiger charge is -2.14. The Labute approximate surface area is 173 Å². The molecule has 2 aromatic rings. The Morgan fingerprint density at radius 2 is 1.82 bits per heavy atom. The molecule has 2 rings (SSSR count). The maximum Gasteiger partial charge on any atom is 0.341 e. The molecule has 0 fully saturated rings. The van der Waals surface area contributed by atoms with Gasteiger partial charge in [-0.1, -0.05) is 6.07 Å². The first kappa shape index (κ1) is 21.6. The molecule has 0 aliphatic carbocycles. The maximum absolute atomic E-state index is 12.4. The number of thiocarbonyl (C=S) groups is 1. The topological polar surface area (TPSA) is 79.9 Å². The van der Waals surface area contributed by atoms with Crippen LogP contribution in [0, 0.1) is 13.8 Å². The molecule has 0 aliphatic heterocycles. The van der Waals surface area contributed by atoms with Crippen molar-refractivity contribution >= 4 is 51.2 Å². The maximum atomic E-state index is 12.4. The number of nitrogens with zero attached hydrogens (tertiary/aromatic N) is 1. The zero-order valence-corrected chi connectivity index (χ0v) is 18.3. The highest BCUT2D eigenvalue weighted by atomic mass is 32.1. The Hall–Kier alpha value is -2.65. The zero-order valence-electron chi connectivity index (χ0n) is 16.6. The molecule has 1 heterocycles. The number of thiophene rings is 1. The fourth-order valence-corrected chi connectivity index (χ4v) is 4.03. The Morgan fingerprint density at radius 3 is 2.39 bits per heavy atom. The number of hydrogen-bond donors (Lipinski definition) is 2. The standard InChI is InChI=1S/C19H23N3O4S2/c1-10-7-8-13(25-5)12(9-10)20-19(27)21-16-14(18(24)26-6)11(2)15(28-16)17(23)22(3)4/h7-9H,1-6H3,(H2,20,21,27). The van der Waals surface area contributed by atoms with Crippen molar-refractivity contribution in [3.8, 4) is 5.75 Å². The van der Waals surface area contributed by atoms with Gasteiger partial charge < -0.3 is 25.0 Å². The molecule has 0 unspecified atom stereocenters. The second kappa shape index (κ2) is 9.03. The van der Waals surface area contributed by atoms with E-state index >= 15 is 0 Å². The fraction of sp³-hybridized carbons (Fsp3) is 0.316. The van der Waals surface area contributed by atoms with Crippen LogP contribution in [0.3, 0.4) is 0 Å². The second-order valence-electron chi connectivity index (χ2n) is 6.23. The molecule has 1 aromatic heterocycles. The first-order valence-corrected chi connectivity index (χ1v) is 9.58. The van der Waals surface area contributed by atoms with Crippen LogP contribution in [0.2, 0.25) is 0 Å². The minimum Gasteiger partial charge on any atom is -0.495 e. The molecule has 1 aromatic carbocycles. The summed E-state index contributed by atoms with van der Waals surface area (Å²) in [7, 11) is 6.18. The summed E-state index contributed by atoms with van der Waals surface area (Å²) < 4.78 is 10.2. The van der Waals surface area contributed by atoms with Gasteiger partial charge in [-0.2, -0.15) is 0 Å². The van der Waals surface area contributed by atoms with E-state index in [-0.39, 0.29) is 16.6 Å². The normalized spacial score (nSPS) is 10.2. The van der Waals surface area contributed by atoms with Crippen LogP contribution < -0.4 is 15.4 Å². The van der Waals surface area contributed by atoms with E-state index in [1.165, 1.54) is 12.0 Å². The fourth-order valence-electron chi connectivity index (χ4n) is 2.53. The highest BCUT2D eigenvalue weighted by Gasteiger charge is 2.26. The van der Waals surface area contributed by atoms with Crippen molar-refractivity contribution in [3.05, 3.63) is 39.8 Å². The molecular formula is C19H23N3O4S2. The molecule has 150 valence electrons. The second-order valence-corrected chi connectivity index (χ2v) is 7.66. The lowest BCUT2D eigenvalue weighted by atomic mass is 10.1. The molecule has 0 aliphatic rings. The number of carbonyl (C=O) groups is 2. The van der Waals surface area contributed by atoms with Crippen LogP contribution in [0.1, 0.15) is 31.2 Å². The summed E-state index contributed by atoms with van der Waals surface area (Å²) in [5, 5.41) is 6.79. The Kier molecular flexibility index (Phi) is 6.98. The highest BCUT2D eigenvalue weighted by Crippen LogP contribution is 2.34. The number of ether oxygens (including phenoxy) is 2. The monoisotopic (exact) mass is 421 g/mol. The van der Waals surface area contributed by atoms with E-state index in [2.05, 4.69) is 10.6 Å². The molecule has 0 bridgehead atoms. The SMILES string of the molecule is COC(=O)c1c(NC(=S)Nc2cc(C)ccc2OC)sc(C(=O)N(C)C)c1C. The van der Waals surface area contributed by atoms with Crippen LogP contribution in [0.15, 0.2) is 18.2 Å². The van der Waals surface area contributed by atoms with Crippen molar-refractivity contribution < 1.29 is 19.1 Å². The van der Waals surface area contributed by atoms with Gasteiger partial charge in [-0.3, -0.25) is 4.79 Å². The van der Waals surface area contributed by atoms with Gasteiger partial charge in [-0.15, -0.1) is 11.3 Å². The van der Waals surface area contributed by atoms with E-state index in [1.54, 1.807) is 28.1 Å². The van der Waals surface area contributed by atoms with Gasteiger partial charge in [-0.25, -0.2) is 4.79 Å². The van der Waals surface area contributed by atoms with Gasteiger partial charge in [0.25, 0.3) is 5.91 Å². The van der Waals surface area contributed by atoms with E-state index in [9.17, 15) is 9.59 Å². The zero-order chi connectivity index (χ0) is 21.0. The molecular weight excluding hydrogens is 398 g/mol. The predicted molar refractivity (Wildman–Crippen MR) is 116 cm³/mol. The van der Waals surface area contributed by atoms with E-state index in [4.69, 9.17) is 21.7 Å². The van der Waals surface area contributed by atoms with Crippen LogP contribution in [0.4, 0.5) is 10.7 Å². The molecule has 28 heavy (non-hydrogen) atoms. The third kappa shape index (κ3) is 4.60. The van der Waals surface area contributed by atoms with Crippen LogP contribution in [0.5, 0.6) is 5.75 Å². The average molecular weight is 422 g/mol. The van der Waals surface area contributed by atoms with Gasteiger partial charge in [0.1, 0.15) is 10.8 Å². The van der Waals surface area contributed by atoms with E-state index < -0.39 is 5.97 Å². The number of anilines is 2. The summed E-state index contributed by atoms with van der Waals surface area (Å²) in [6, 6.07) is 5.66. The van der Waals surface area contributed by atoms with Crippen molar-refractivity contribution in [2.24, 2.45) is 0 Å². The first-order chi connectivity index (χ1) is 13.2. The molecule has 0 saturated heterocycles. The molecule has 0 spiro atoms. The smallest absolute Gasteiger partial charge is 0.341 e. The molecule has 2 N–H and O–H groups in total. The number of carbonyl (C=O) groups excluding carboxylic acids is 2. The first-order valence-electron chi connectivity index (χ1n) is 8.35. The lowest BCUT2D eigenvalue weighted by molar-refractivity contribution is 0.0601. The van der Waals surface area contributed by atoms with Gasteiger partial charge in [0.2, 0.25) is 0 Å². The highest BCUT2D eigenvalue weighted by molar-refractivity contribution is 7.80. The van der Waals surface area contributed by atoms with E-state index in [0.29, 0.717) is 26.9 Å². The summed E-state index contributed by atoms with van der Waals surface area (Å²) >= 11 is 6.56. The Balaban J connectivity index is 2.36. The molecule has 0 radical (unpaired) electrons. The number of nitrogens with one attached hydrogen (secondary N) is 2. The van der Waals surface area contributed by atoms with Gasteiger partial charge in [-0.05, 0) is 49.3 Å². The molecule has 9 heteroatoms. The van der Waals surface area contributed by atoms with Gasteiger partial charge in [0.05, 0.1) is 30.3 Å². The number of hydrogen-bond acceptors (Lipinski definition) is 6. The summed E-state index contributed by atoms with van der Waals surface area (Å²) in [5.41, 5.74) is 2.57. The average Bonchev–Trinajstić information content (AvgIpc) is 2.96.